The van der Waals surface area contributed by atoms with Crippen molar-refractivity contribution < 1.29 is 18.1 Å². The fraction of sp³-hybridized carbons (Fsp3) is 0.400. The summed E-state index contributed by atoms with van der Waals surface area (Å²) in [7, 11) is 0. The molecule has 1 heterocycles. The molecule has 124 valence electrons. The first-order valence-electron chi connectivity index (χ1n) is 6.91. The van der Waals surface area contributed by atoms with Crippen molar-refractivity contribution in [3.8, 4) is 0 Å². The molecule has 0 unspecified atom stereocenters. The Morgan fingerprint density at radius 1 is 1.35 bits per heavy atom. The molecule has 1 aromatic heterocycles. The summed E-state index contributed by atoms with van der Waals surface area (Å²) in [6.45, 7) is 5.88. The van der Waals surface area contributed by atoms with E-state index in [4.69, 9.17) is 4.52 Å². The lowest BCUT2D eigenvalue weighted by molar-refractivity contribution is -0.113. The third-order valence-electron chi connectivity index (χ3n) is 2.78. The first-order chi connectivity index (χ1) is 10.8. The highest BCUT2D eigenvalue weighted by Crippen LogP contribution is 2.21. The fourth-order valence-electron chi connectivity index (χ4n) is 1.63. The van der Waals surface area contributed by atoms with Crippen molar-refractivity contribution in [2.75, 3.05) is 11.1 Å². The van der Waals surface area contributed by atoms with Crippen LogP contribution < -0.4 is 5.32 Å². The number of halogens is 2. The molecule has 0 aliphatic rings. The minimum atomic E-state index is -0.809. The summed E-state index contributed by atoms with van der Waals surface area (Å²) in [6, 6.07) is 2.98. The number of thioether (sulfide) groups is 1. The highest BCUT2D eigenvalue weighted by atomic mass is 32.2. The Hall–Kier alpha value is -1.96. The molecular weight excluding hydrogens is 324 g/mol. The van der Waals surface area contributed by atoms with E-state index < -0.39 is 11.6 Å². The molecule has 0 aliphatic heterocycles. The fourth-order valence-corrected chi connectivity index (χ4v) is 2.29. The number of nitrogens with zero attached hydrogens (tertiary/aromatic N) is 2. The van der Waals surface area contributed by atoms with Crippen LogP contribution in [0.2, 0.25) is 0 Å². The maximum atomic E-state index is 13.4. The van der Waals surface area contributed by atoms with Crippen LogP contribution in [0.15, 0.2) is 22.7 Å². The van der Waals surface area contributed by atoms with Crippen LogP contribution in [0.3, 0.4) is 0 Å². The maximum absolute atomic E-state index is 13.4. The van der Waals surface area contributed by atoms with E-state index in [0.29, 0.717) is 17.5 Å². The van der Waals surface area contributed by atoms with Gasteiger partial charge in [-0.05, 0) is 12.1 Å². The Balaban J connectivity index is 1.82. The largest absolute Gasteiger partial charge is 0.339 e. The summed E-state index contributed by atoms with van der Waals surface area (Å²) in [5.41, 5.74) is -0.278. The lowest BCUT2D eigenvalue weighted by atomic mass is 9.97. The topological polar surface area (TPSA) is 68.0 Å². The molecule has 2 aromatic rings. The molecule has 0 aliphatic carbocycles. The molecule has 0 atom stereocenters. The van der Waals surface area contributed by atoms with Gasteiger partial charge in [-0.2, -0.15) is 4.98 Å². The second-order valence-electron chi connectivity index (χ2n) is 5.93. The van der Waals surface area contributed by atoms with Gasteiger partial charge in [0.2, 0.25) is 11.8 Å². The Labute approximate surface area is 136 Å². The molecule has 1 amide bonds. The molecule has 2 rings (SSSR count). The van der Waals surface area contributed by atoms with Gasteiger partial charge < -0.3 is 9.84 Å². The van der Waals surface area contributed by atoms with Crippen LogP contribution >= 0.6 is 11.8 Å². The molecule has 5 nitrogen and oxygen atoms in total. The van der Waals surface area contributed by atoms with E-state index >= 15 is 0 Å². The predicted molar refractivity (Wildman–Crippen MR) is 84.1 cm³/mol. The van der Waals surface area contributed by atoms with Crippen LogP contribution in [0.5, 0.6) is 0 Å². The van der Waals surface area contributed by atoms with Gasteiger partial charge in [0, 0.05) is 11.5 Å². The second-order valence-corrected chi connectivity index (χ2v) is 6.92. The number of amides is 1. The zero-order valence-electron chi connectivity index (χ0n) is 13.0. The second kappa shape index (κ2) is 7.08. The molecular formula is C15H17F2N3O2S. The number of aromatic nitrogens is 2. The minimum absolute atomic E-state index is 0.0495. The molecule has 23 heavy (non-hydrogen) atoms. The zero-order valence-corrected chi connectivity index (χ0v) is 13.8. The number of carbonyl (C=O) groups excluding carboxylic acids is 1. The molecule has 0 radical (unpaired) electrons. The van der Waals surface area contributed by atoms with E-state index in [1.54, 1.807) is 0 Å². The number of hydrogen-bond donors (Lipinski definition) is 1. The van der Waals surface area contributed by atoms with E-state index in [2.05, 4.69) is 15.5 Å². The molecule has 0 spiro atoms. The smallest absolute Gasteiger partial charge is 0.234 e. The lowest BCUT2D eigenvalue weighted by Gasteiger charge is -2.10. The summed E-state index contributed by atoms with van der Waals surface area (Å²) in [5.74, 6) is -0.362. The Morgan fingerprint density at radius 3 is 2.70 bits per heavy atom. The normalized spacial score (nSPS) is 11.5. The summed E-state index contributed by atoms with van der Waals surface area (Å²) in [4.78, 5) is 16.0. The number of benzene rings is 1. The van der Waals surface area contributed by atoms with E-state index in [9.17, 15) is 13.6 Å². The number of nitrogens with one attached hydrogen (secondary N) is 1. The van der Waals surface area contributed by atoms with Gasteiger partial charge in [-0.15, -0.1) is 11.8 Å². The van der Waals surface area contributed by atoms with Crippen molar-refractivity contribution in [2.24, 2.45) is 0 Å². The van der Waals surface area contributed by atoms with Crippen molar-refractivity contribution in [3.05, 3.63) is 41.5 Å². The number of carbonyl (C=O) groups is 1. The maximum Gasteiger partial charge on any atom is 0.234 e. The van der Waals surface area contributed by atoms with Crippen molar-refractivity contribution >= 4 is 23.4 Å². The average molecular weight is 341 g/mol. The van der Waals surface area contributed by atoms with E-state index in [0.717, 1.165) is 12.1 Å². The number of anilines is 1. The quantitative estimate of drug-likeness (QED) is 0.901. The molecule has 1 N–H and O–H groups in total. The van der Waals surface area contributed by atoms with Gasteiger partial charge in [0.1, 0.15) is 11.6 Å². The van der Waals surface area contributed by atoms with Crippen molar-refractivity contribution in [3.63, 3.8) is 0 Å². The van der Waals surface area contributed by atoms with E-state index in [1.807, 2.05) is 20.8 Å². The lowest BCUT2D eigenvalue weighted by Crippen LogP contribution is -2.15. The van der Waals surface area contributed by atoms with Gasteiger partial charge in [0.15, 0.2) is 5.82 Å². The Bertz CT molecular complexity index is 698. The van der Waals surface area contributed by atoms with Crippen molar-refractivity contribution in [1.29, 1.82) is 0 Å². The van der Waals surface area contributed by atoms with E-state index in [1.165, 1.54) is 17.8 Å². The number of hydrogen-bond acceptors (Lipinski definition) is 5. The third kappa shape index (κ3) is 5.02. The van der Waals surface area contributed by atoms with Crippen LogP contribution in [0.1, 0.15) is 32.5 Å². The van der Waals surface area contributed by atoms with Gasteiger partial charge in [-0.1, -0.05) is 25.9 Å². The molecule has 0 bridgehead atoms. The SMILES string of the molecule is CC(C)(C)c1nc(CSCC(=O)Nc2ccc(F)cc2F)no1. The molecule has 0 saturated heterocycles. The van der Waals surface area contributed by atoms with Gasteiger partial charge >= 0.3 is 0 Å². The standard InChI is InChI=1S/C15H17F2N3O2S/c1-15(2,3)14-19-12(20-22-14)7-23-8-13(21)18-11-5-4-9(16)6-10(11)17/h4-6H,7-8H2,1-3H3,(H,18,21). The summed E-state index contributed by atoms with van der Waals surface area (Å²) in [6.07, 6.45) is 0. The van der Waals surface area contributed by atoms with Crippen LogP contribution in [0, 0.1) is 11.6 Å². The number of rotatable bonds is 5. The third-order valence-corrected chi connectivity index (χ3v) is 3.71. The highest BCUT2D eigenvalue weighted by molar-refractivity contribution is 7.99. The van der Waals surface area contributed by atoms with Crippen LogP contribution in [0.4, 0.5) is 14.5 Å². The first-order valence-corrected chi connectivity index (χ1v) is 8.07. The van der Waals surface area contributed by atoms with Crippen LogP contribution in [0.25, 0.3) is 0 Å². The van der Waals surface area contributed by atoms with Crippen LogP contribution in [-0.4, -0.2) is 21.8 Å². The summed E-state index contributed by atoms with van der Waals surface area (Å²) >= 11 is 1.27. The average Bonchev–Trinajstić information content (AvgIpc) is 2.91. The first kappa shape index (κ1) is 17.4. The van der Waals surface area contributed by atoms with Crippen molar-refractivity contribution in [2.45, 2.75) is 31.9 Å². The zero-order chi connectivity index (χ0) is 17.0. The molecule has 0 fully saturated rings. The Morgan fingerprint density at radius 2 is 2.09 bits per heavy atom. The van der Waals surface area contributed by atoms with Gasteiger partial charge in [0.05, 0.1) is 17.2 Å². The van der Waals surface area contributed by atoms with Crippen LogP contribution in [-0.2, 0) is 16.0 Å². The predicted octanol–water partition coefficient (Wildman–Crippen LogP) is 3.52. The monoisotopic (exact) mass is 341 g/mol. The van der Waals surface area contributed by atoms with Crippen molar-refractivity contribution in [1.82, 2.24) is 10.1 Å². The summed E-state index contributed by atoms with van der Waals surface area (Å²) in [5, 5.41) is 6.23. The van der Waals surface area contributed by atoms with Gasteiger partial charge in [-0.25, -0.2) is 8.78 Å². The van der Waals surface area contributed by atoms with Gasteiger partial charge in [-0.3, -0.25) is 4.79 Å². The molecule has 8 heteroatoms. The molecule has 1 aromatic carbocycles. The molecule has 0 saturated carbocycles. The highest BCUT2D eigenvalue weighted by Gasteiger charge is 2.21. The Kier molecular flexibility index (Phi) is 5.35. The van der Waals surface area contributed by atoms with Gasteiger partial charge in [0.25, 0.3) is 0 Å². The minimum Gasteiger partial charge on any atom is -0.339 e. The summed E-state index contributed by atoms with van der Waals surface area (Å²) < 4.78 is 31.3. The van der Waals surface area contributed by atoms with E-state index in [-0.39, 0.29) is 22.8 Å².